The first-order valence-electron chi connectivity index (χ1n) is 12.5. The fourth-order valence-electron chi connectivity index (χ4n) is 4.87. The average molecular weight is 523 g/mol. The van der Waals surface area contributed by atoms with E-state index in [2.05, 4.69) is 30.9 Å². The molecule has 1 aliphatic heterocycles. The molecule has 6 rings (SSSR count). The Morgan fingerprint density at radius 2 is 1.87 bits per heavy atom. The molecule has 0 aromatic carbocycles. The summed E-state index contributed by atoms with van der Waals surface area (Å²) in [5.74, 6) is -3.03. The van der Waals surface area contributed by atoms with Gasteiger partial charge in [0.2, 0.25) is 11.8 Å². The van der Waals surface area contributed by atoms with E-state index in [1.54, 1.807) is 12.3 Å². The number of nitrogens with one attached hydrogen (secondary N) is 3. The molecule has 4 N–H and O–H groups in total. The molecule has 1 saturated heterocycles. The van der Waals surface area contributed by atoms with E-state index in [1.165, 1.54) is 12.3 Å². The molecule has 0 unspecified atom stereocenters. The summed E-state index contributed by atoms with van der Waals surface area (Å²) >= 11 is 0. The van der Waals surface area contributed by atoms with Gasteiger partial charge in [-0.1, -0.05) is 6.42 Å². The van der Waals surface area contributed by atoms with Gasteiger partial charge in [0.05, 0.1) is 23.9 Å². The van der Waals surface area contributed by atoms with Gasteiger partial charge < -0.3 is 21.1 Å². The van der Waals surface area contributed by atoms with Gasteiger partial charge in [-0.25, -0.2) is 19.3 Å². The second-order valence-corrected chi connectivity index (χ2v) is 9.60. The number of fused-ring (bicyclic) bond motifs is 1. The van der Waals surface area contributed by atoms with Crippen LogP contribution in [0, 0.1) is 17.6 Å². The number of rotatable bonds is 6. The zero-order valence-electron chi connectivity index (χ0n) is 20.3. The van der Waals surface area contributed by atoms with Crippen molar-refractivity contribution >= 4 is 28.4 Å². The molecule has 2 atom stereocenters. The Hall–Kier alpha value is -3.90. The Kier molecular flexibility index (Phi) is 6.50. The minimum absolute atomic E-state index is 0.104. The smallest absolute Gasteiger partial charge is 0.217 e. The van der Waals surface area contributed by atoms with Crippen molar-refractivity contribution in [3.05, 3.63) is 59.9 Å². The van der Waals surface area contributed by atoms with Crippen LogP contribution in [0.15, 0.2) is 36.8 Å². The lowest BCUT2D eigenvalue weighted by atomic mass is 9.79. The summed E-state index contributed by atoms with van der Waals surface area (Å²) in [6.07, 6.45) is 8.44. The lowest BCUT2D eigenvalue weighted by molar-refractivity contribution is 0.128. The predicted octanol–water partition coefficient (Wildman–Crippen LogP) is 4.04. The third kappa shape index (κ3) is 4.72. The molecule has 0 amide bonds. The molecule has 9 nitrogen and oxygen atoms in total. The van der Waals surface area contributed by atoms with Crippen molar-refractivity contribution in [2.45, 2.75) is 43.7 Å². The Morgan fingerprint density at radius 1 is 1.00 bits per heavy atom. The maximum atomic E-state index is 14.2. The number of hydrogen-bond acceptors (Lipinski definition) is 9. The Bertz CT molecular complexity index is 1500. The van der Waals surface area contributed by atoms with E-state index in [1.807, 2.05) is 6.20 Å². The highest BCUT2D eigenvalue weighted by Gasteiger charge is 2.28. The molecule has 4 aromatic heterocycles. The number of hydrogen-bond donors (Lipinski definition) is 4. The van der Waals surface area contributed by atoms with Gasteiger partial charge in [0.1, 0.15) is 11.6 Å². The van der Waals surface area contributed by atoms with Crippen LogP contribution in [-0.2, 0) is 0 Å². The van der Waals surface area contributed by atoms with Crippen LogP contribution in [0.25, 0.3) is 22.3 Å². The molecule has 0 radical (unpaired) electrons. The van der Waals surface area contributed by atoms with Gasteiger partial charge in [0.25, 0.3) is 0 Å². The molecule has 4 aromatic rings. The topological polar surface area (TPSA) is 121 Å². The molecule has 2 fully saturated rings. The molecule has 196 valence electrons. The Labute approximate surface area is 216 Å². The van der Waals surface area contributed by atoms with Crippen LogP contribution in [0.2, 0.25) is 0 Å². The van der Waals surface area contributed by atoms with Crippen LogP contribution >= 0.6 is 0 Å². The van der Waals surface area contributed by atoms with Crippen molar-refractivity contribution in [3.8, 4) is 11.4 Å². The Balaban J connectivity index is 1.41. The minimum Gasteiger partial charge on any atom is -0.390 e. The molecule has 38 heavy (non-hydrogen) atoms. The monoisotopic (exact) mass is 522 g/mol. The summed E-state index contributed by atoms with van der Waals surface area (Å²) in [6.45, 7) is 1.25. The fourth-order valence-corrected chi connectivity index (χ4v) is 4.87. The number of β-amino-alcohol motifs (C(OH)–C–C–N with tert-alkyl or cyclic N) is 1. The largest absolute Gasteiger partial charge is 0.390 e. The zero-order chi connectivity index (χ0) is 26.2. The fraction of sp³-hybridized carbons (Fsp3) is 0.346. The standard InChI is InChI=1S/C26H25F3N8O/c27-16-9-20(28)35-26(23(16)29)36-21-8-14(4-7-32-21)24-34-18-11-31-10-15(13-2-1-3-13)22(18)25(37-24)33-17-5-6-30-12-19(17)38/h4,7-11,13,17,19,30,38H,1-3,5-6,12H2,(H,32,35,36)(H,33,34,37)/t17-,19-/m1/s1. The minimum atomic E-state index is -1.36. The lowest BCUT2D eigenvalue weighted by Crippen LogP contribution is -2.47. The van der Waals surface area contributed by atoms with E-state index in [0.717, 1.165) is 43.2 Å². The summed E-state index contributed by atoms with van der Waals surface area (Å²) in [7, 11) is 0. The van der Waals surface area contributed by atoms with Crippen molar-refractivity contribution in [2.24, 2.45) is 0 Å². The normalized spacial score (nSPS) is 19.8. The van der Waals surface area contributed by atoms with Gasteiger partial charge in [0, 0.05) is 36.0 Å². The van der Waals surface area contributed by atoms with E-state index in [0.29, 0.717) is 41.3 Å². The van der Waals surface area contributed by atoms with Crippen molar-refractivity contribution in [1.82, 2.24) is 30.2 Å². The lowest BCUT2D eigenvalue weighted by Gasteiger charge is -2.31. The van der Waals surface area contributed by atoms with Crippen molar-refractivity contribution in [1.29, 1.82) is 0 Å². The number of aliphatic hydroxyl groups is 1. The van der Waals surface area contributed by atoms with Crippen LogP contribution in [0.4, 0.5) is 30.6 Å². The van der Waals surface area contributed by atoms with Gasteiger partial charge in [-0.05, 0) is 49.4 Å². The van der Waals surface area contributed by atoms with Crippen LogP contribution in [0.1, 0.15) is 37.2 Å². The van der Waals surface area contributed by atoms with Crippen molar-refractivity contribution in [2.75, 3.05) is 23.7 Å². The van der Waals surface area contributed by atoms with E-state index < -0.39 is 29.5 Å². The first-order chi connectivity index (χ1) is 18.5. The summed E-state index contributed by atoms with van der Waals surface area (Å²) in [5, 5.41) is 20.6. The number of nitrogens with zero attached hydrogens (tertiary/aromatic N) is 5. The van der Waals surface area contributed by atoms with Crippen LogP contribution in [0.5, 0.6) is 0 Å². The first kappa shape index (κ1) is 24.4. The van der Waals surface area contributed by atoms with E-state index >= 15 is 0 Å². The maximum absolute atomic E-state index is 14.2. The van der Waals surface area contributed by atoms with Crippen LogP contribution < -0.4 is 16.0 Å². The summed E-state index contributed by atoms with van der Waals surface area (Å²) < 4.78 is 41.4. The first-order valence-corrected chi connectivity index (χ1v) is 12.5. The van der Waals surface area contributed by atoms with E-state index in [4.69, 9.17) is 9.97 Å². The maximum Gasteiger partial charge on any atom is 0.217 e. The Morgan fingerprint density at radius 3 is 2.66 bits per heavy atom. The van der Waals surface area contributed by atoms with Gasteiger partial charge in [-0.3, -0.25) is 4.98 Å². The SMILES string of the molecule is O[C@@H]1CNCC[C@H]1Nc1nc(-c2ccnc(Nc3nc(F)cc(F)c3F)c2)nc2cncc(C3CCC3)c12. The predicted molar refractivity (Wildman–Crippen MR) is 135 cm³/mol. The van der Waals surface area contributed by atoms with Crippen molar-refractivity contribution in [3.63, 3.8) is 0 Å². The molecule has 1 saturated carbocycles. The summed E-state index contributed by atoms with van der Waals surface area (Å²) in [4.78, 5) is 21.5. The van der Waals surface area contributed by atoms with Crippen LogP contribution in [0.3, 0.4) is 0 Å². The van der Waals surface area contributed by atoms with Gasteiger partial charge in [-0.15, -0.1) is 0 Å². The van der Waals surface area contributed by atoms with Crippen molar-refractivity contribution < 1.29 is 18.3 Å². The third-order valence-corrected chi connectivity index (χ3v) is 7.10. The molecular weight excluding hydrogens is 497 g/mol. The van der Waals surface area contributed by atoms with Crippen LogP contribution in [-0.4, -0.2) is 55.3 Å². The van der Waals surface area contributed by atoms with E-state index in [9.17, 15) is 18.3 Å². The van der Waals surface area contributed by atoms with Gasteiger partial charge in [0.15, 0.2) is 17.5 Å². The van der Waals surface area contributed by atoms with Gasteiger partial charge in [-0.2, -0.15) is 13.8 Å². The number of aliphatic hydroxyl groups excluding tert-OH is 1. The number of pyridine rings is 3. The number of halogens is 3. The highest BCUT2D eigenvalue weighted by atomic mass is 19.2. The molecule has 5 heterocycles. The molecular formula is C26H25F3N8O. The number of anilines is 3. The molecule has 2 aliphatic rings. The highest BCUT2D eigenvalue weighted by molar-refractivity contribution is 5.93. The molecule has 0 bridgehead atoms. The summed E-state index contributed by atoms with van der Waals surface area (Å²) in [6, 6.07) is 3.38. The molecule has 12 heteroatoms. The summed E-state index contributed by atoms with van der Waals surface area (Å²) in [5.41, 5.74) is 2.26. The van der Waals surface area contributed by atoms with Gasteiger partial charge >= 0.3 is 0 Å². The average Bonchev–Trinajstić information content (AvgIpc) is 2.87. The second-order valence-electron chi connectivity index (χ2n) is 9.60. The second kappa shape index (κ2) is 10.1. The molecule has 1 aliphatic carbocycles. The zero-order valence-corrected chi connectivity index (χ0v) is 20.3. The highest BCUT2D eigenvalue weighted by Crippen LogP contribution is 2.41. The third-order valence-electron chi connectivity index (χ3n) is 7.10. The van der Waals surface area contributed by atoms with E-state index in [-0.39, 0.29) is 11.9 Å². The number of aromatic nitrogens is 5. The number of piperidine rings is 1. The molecule has 0 spiro atoms. The quantitative estimate of drug-likeness (QED) is 0.278.